The zero-order valence-corrected chi connectivity index (χ0v) is 12.3. The predicted octanol–water partition coefficient (Wildman–Crippen LogP) is 4.88. The number of anilines is 1. The van der Waals surface area contributed by atoms with Crippen molar-refractivity contribution in [3.63, 3.8) is 0 Å². The molecule has 0 aliphatic carbocycles. The Hall–Kier alpha value is -1.45. The van der Waals surface area contributed by atoms with E-state index in [0.717, 1.165) is 12.0 Å². The molecular formula is C15H14Cl2FNO. The molecule has 2 nitrogen and oxygen atoms in total. The minimum Gasteiger partial charge on any atom is -0.508 e. The second-order valence-corrected chi connectivity index (χ2v) is 5.48. The molecule has 0 saturated heterocycles. The molecule has 0 aromatic heterocycles. The lowest BCUT2D eigenvalue weighted by Gasteiger charge is -2.16. The summed E-state index contributed by atoms with van der Waals surface area (Å²) in [6.07, 6.45) is 0.757. The van der Waals surface area contributed by atoms with Crippen molar-refractivity contribution in [3.05, 3.63) is 57.8 Å². The number of nitrogens with one attached hydrogen (secondary N) is 1. The van der Waals surface area contributed by atoms with E-state index in [1.165, 1.54) is 12.1 Å². The predicted molar refractivity (Wildman–Crippen MR) is 81.3 cm³/mol. The number of aromatic hydroxyl groups is 1. The van der Waals surface area contributed by atoms with E-state index in [-0.39, 0.29) is 21.8 Å². The van der Waals surface area contributed by atoms with Crippen molar-refractivity contribution in [2.45, 2.75) is 19.4 Å². The fourth-order valence-corrected chi connectivity index (χ4v) is 2.45. The first-order chi connectivity index (χ1) is 9.45. The summed E-state index contributed by atoms with van der Waals surface area (Å²) in [5.41, 5.74) is 1.76. The highest BCUT2D eigenvalue weighted by Gasteiger charge is 2.10. The number of rotatable bonds is 4. The summed E-state index contributed by atoms with van der Waals surface area (Å²) >= 11 is 11.5. The molecule has 2 rings (SSSR count). The van der Waals surface area contributed by atoms with Crippen LogP contribution in [0.3, 0.4) is 0 Å². The molecule has 0 spiro atoms. The molecule has 106 valence electrons. The quantitative estimate of drug-likeness (QED) is 0.788. The van der Waals surface area contributed by atoms with Crippen molar-refractivity contribution >= 4 is 28.9 Å². The van der Waals surface area contributed by atoms with E-state index in [2.05, 4.69) is 5.32 Å². The number of phenolic OH excluding ortho intramolecular Hbond substituents is 1. The molecule has 1 atom stereocenters. The highest BCUT2D eigenvalue weighted by Crippen LogP contribution is 2.27. The first kappa shape index (κ1) is 14.9. The molecule has 5 heteroatoms. The normalized spacial score (nSPS) is 12.2. The van der Waals surface area contributed by atoms with Crippen molar-refractivity contribution in [2.24, 2.45) is 0 Å². The molecule has 0 aliphatic rings. The Labute approximate surface area is 127 Å². The molecule has 0 saturated carbocycles. The van der Waals surface area contributed by atoms with Gasteiger partial charge >= 0.3 is 0 Å². The van der Waals surface area contributed by atoms with Crippen molar-refractivity contribution < 1.29 is 9.50 Å². The third kappa shape index (κ3) is 3.78. The van der Waals surface area contributed by atoms with Crippen LogP contribution in [0.1, 0.15) is 12.5 Å². The first-order valence-corrected chi connectivity index (χ1v) is 6.90. The molecule has 1 unspecified atom stereocenters. The van der Waals surface area contributed by atoms with Gasteiger partial charge in [0.25, 0.3) is 0 Å². The lowest BCUT2D eigenvalue weighted by molar-refractivity contribution is 0.475. The molecular weight excluding hydrogens is 300 g/mol. The summed E-state index contributed by atoms with van der Waals surface area (Å²) in [6.45, 7) is 2.00. The van der Waals surface area contributed by atoms with E-state index in [9.17, 15) is 9.50 Å². The largest absolute Gasteiger partial charge is 0.508 e. The molecule has 20 heavy (non-hydrogen) atoms. The zero-order chi connectivity index (χ0) is 14.7. The number of benzene rings is 2. The molecule has 0 fully saturated rings. The Bertz CT molecular complexity index is 578. The fraction of sp³-hybridized carbons (Fsp3) is 0.200. The molecule has 0 aliphatic heterocycles. The third-order valence-corrected chi connectivity index (χ3v) is 3.43. The van der Waals surface area contributed by atoms with E-state index >= 15 is 0 Å². The van der Waals surface area contributed by atoms with Gasteiger partial charge < -0.3 is 10.4 Å². The van der Waals surface area contributed by atoms with Crippen LogP contribution in [0.2, 0.25) is 10.0 Å². The minimum absolute atomic E-state index is 0.00293. The van der Waals surface area contributed by atoms with Gasteiger partial charge in [-0.15, -0.1) is 0 Å². The molecule has 0 bridgehead atoms. The van der Waals surface area contributed by atoms with Gasteiger partial charge in [-0.25, -0.2) is 4.39 Å². The van der Waals surface area contributed by atoms with Gasteiger partial charge in [0.2, 0.25) is 0 Å². The number of halogens is 3. The second kappa shape index (κ2) is 6.33. The van der Waals surface area contributed by atoms with Gasteiger partial charge in [-0.05, 0) is 43.2 Å². The maximum Gasteiger partial charge on any atom is 0.160 e. The van der Waals surface area contributed by atoms with Crippen LogP contribution in [0.25, 0.3) is 0 Å². The van der Waals surface area contributed by atoms with Crippen LogP contribution in [0.15, 0.2) is 36.4 Å². The third-order valence-electron chi connectivity index (χ3n) is 2.88. The van der Waals surface area contributed by atoms with Gasteiger partial charge in [0.05, 0.1) is 10.0 Å². The number of hydrogen-bond donors (Lipinski definition) is 2. The van der Waals surface area contributed by atoms with Crippen LogP contribution in [0.5, 0.6) is 5.75 Å². The van der Waals surface area contributed by atoms with Crippen LogP contribution in [-0.2, 0) is 6.42 Å². The monoisotopic (exact) mass is 313 g/mol. The first-order valence-electron chi connectivity index (χ1n) is 6.14. The maximum absolute atomic E-state index is 13.3. The van der Waals surface area contributed by atoms with Crippen molar-refractivity contribution in [1.82, 2.24) is 0 Å². The molecule has 0 heterocycles. The van der Waals surface area contributed by atoms with E-state index < -0.39 is 5.82 Å². The smallest absolute Gasteiger partial charge is 0.160 e. The summed E-state index contributed by atoms with van der Waals surface area (Å²) in [5, 5.41) is 12.4. The molecule has 2 aromatic carbocycles. The lowest BCUT2D eigenvalue weighted by atomic mass is 10.1. The van der Waals surface area contributed by atoms with Crippen molar-refractivity contribution in [2.75, 3.05) is 5.32 Å². The Morgan fingerprint density at radius 2 is 1.70 bits per heavy atom. The van der Waals surface area contributed by atoms with Crippen LogP contribution in [0.4, 0.5) is 10.1 Å². The van der Waals surface area contributed by atoms with Crippen LogP contribution >= 0.6 is 23.2 Å². The van der Waals surface area contributed by atoms with Crippen molar-refractivity contribution in [1.29, 1.82) is 0 Å². The average molecular weight is 314 g/mol. The molecule has 2 aromatic rings. The summed E-state index contributed by atoms with van der Waals surface area (Å²) < 4.78 is 13.3. The standard InChI is InChI=1S/C15H14Cl2FNO/c1-9(6-10-2-4-12(20)5-3-10)19-11-7-13(16)15(18)14(17)8-11/h2-5,7-9,19-20H,6H2,1H3. The van der Waals surface area contributed by atoms with Gasteiger partial charge in [-0.1, -0.05) is 35.3 Å². The van der Waals surface area contributed by atoms with Gasteiger partial charge in [0.1, 0.15) is 5.75 Å². The molecule has 2 N–H and O–H groups in total. The number of phenols is 1. The fourth-order valence-electron chi connectivity index (χ4n) is 1.96. The maximum atomic E-state index is 13.3. The van der Waals surface area contributed by atoms with Gasteiger partial charge in [-0.2, -0.15) is 0 Å². The van der Waals surface area contributed by atoms with E-state index in [1.54, 1.807) is 12.1 Å². The summed E-state index contributed by atoms with van der Waals surface area (Å²) in [4.78, 5) is 0. The Kier molecular flexibility index (Phi) is 4.73. The van der Waals surface area contributed by atoms with Gasteiger partial charge in [0.15, 0.2) is 5.82 Å². The summed E-state index contributed by atoms with van der Waals surface area (Å²) in [5.74, 6) is -0.364. The SMILES string of the molecule is CC(Cc1ccc(O)cc1)Nc1cc(Cl)c(F)c(Cl)c1. The molecule has 0 amide bonds. The van der Waals surface area contributed by atoms with E-state index in [4.69, 9.17) is 23.2 Å². The average Bonchev–Trinajstić information content (AvgIpc) is 2.38. The highest BCUT2D eigenvalue weighted by molar-refractivity contribution is 6.35. The number of hydrogen-bond acceptors (Lipinski definition) is 2. The minimum atomic E-state index is -0.606. The summed E-state index contributed by atoms with van der Waals surface area (Å²) in [7, 11) is 0. The van der Waals surface area contributed by atoms with E-state index in [1.807, 2.05) is 19.1 Å². The van der Waals surface area contributed by atoms with Gasteiger partial charge in [0, 0.05) is 11.7 Å². The van der Waals surface area contributed by atoms with Crippen LogP contribution in [-0.4, -0.2) is 11.1 Å². The van der Waals surface area contributed by atoms with Crippen molar-refractivity contribution in [3.8, 4) is 5.75 Å². The highest BCUT2D eigenvalue weighted by atomic mass is 35.5. The molecule has 0 radical (unpaired) electrons. The summed E-state index contributed by atoms with van der Waals surface area (Å²) in [6, 6.07) is 10.1. The Balaban J connectivity index is 2.04. The second-order valence-electron chi connectivity index (χ2n) is 4.67. The zero-order valence-electron chi connectivity index (χ0n) is 10.8. The van der Waals surface area contributed by atoms with E-state index in [0.29, 0.717) is 5.69 Å². The lowest BCUT2D eigenvalue weighted by Crippen LogP contribution is -2.18. The van der Waals surface area contributed by atoms with Gasteiger partial charge in [-0.3, -0.25) is 0 Å². The van der Waals surface area contributed by atoms with Crippen LogP contribution < -0.4 is 5.32 Å². The topological polar surface area (TPSA) is 32.3 Å². The Morgan fingerprint density at radius 1 is 1.15 bits per heavy atom. The Morgan fingerprint density at radius 3 is 2.25 bits per heavy atom. The van der Waals surface area contributed by atoms with Crippen LogP contribution in [0, 0.1) is 5.82 Å².